The van der Waals surface area contributed by atoms with Crippen molar-refractivity contribution in [2.24, 2.45) is 0 Å². The van der Waals surface area contributed by atoms with E-state index in [4.69, 9.17) is 4.52 Å². The normalized spacial score (nSPS) is 22.4. The summed E-state index contributed by atoms with van der Waals surface area (Å²) in [6.07, 6.45) is 5.20. The van der Waals surface area contributed by atoms with Gasteiger partial charge in [-0.2, -0.15) is 4.98 Å². The number of nitrogens with zero attached hydrogens (tertiary/aromatic N) is 3. The number of rotatable bonds is 5. The van der Waals surface area contributed by atoms with Crippen molar-refractivity contribution in [3.63, 3.8) is 0 Å². The van der Waals surface area contributed by atoms with Gasteiger partial charge in [-0.3, -0.25) is 4.79 Å². The summed E-state index contributed by atoms with van der Waals surface area (Å²) in [4.78, 5) is 18.8. The predicted molar refractivity (Wildman–Crippen MR) is 93.8 cm³/mol. The minimum atomic E-state index is -0.298. The van der Waals surface area contributed by atoms with Crippen molar-refractivity contribution < 1.29 is 13.7 Å². The molecule has 2 bridgehead atoms. The first kappa shape index (κ1) is 17.1. The SMILES string of the molecule is O=C(CCCc1nc(-c2ccc(F)cc2)no1)N1CCC2CCC(C1)N2. The number of amides is 1. The van der Waals surface area contributed by atoms with Gasteiger partial charge < -0.3 is 14.7 Å². The standard InChI is InChI=1S/C19H23FN4O2/c20-14-6-4-13(5-7-14)19-22-17(26-23-19)2-1-3-18(25)24-11-10-15-8-9-16(12-24)21-15/h4-7,15-16,21H,1-3,8-12H2. The third-order valence-corrected chi connectivity index (χ3v) is 5.23. The van der Waals surface area contributed by atoms with Crippen molar-refractivity contribution in [3.05, 3.63) is 36.0 Å². The molecular formula is C19H23FN4O2. The van der Waals surface area contributed by atoms with E-state index in [2.05, 4.69) is 15.5 Å². The smallest absolute Gasteiger partial charge is 0.226 e. The monoisotopic (exact) mass is 358 g/mol. The van der Waals surface area contributed by atoms with Crippen molar-refractivity contribution in [1.82, 2.24) is 20.4 Å². The molecule has 2 saturated heterocycles. The minimum Gasteiger partial charge on any atom is -0.341 e. The summed E-state index contributed by atoms with van der Waals surface area (Å²) in [6, 6.07) is 7.02. The molecule has 1 aromatic carbocycles. The predicted octanol–water partition coefficient (Wildman–Crippen LogP) is 2.55. The van der Waals surface area contributed by atoms with Crippen LogP contribution in [-0.4, -0.2) is 46.1 Å². The molecule has 26 heavy (non-hydrogen) atoms. The molecule has 2 fully saturated rings. The van der Waals surface area contributed by atoms with E-state index in [1.807, 2.05) is 4.90 Å². The van der Waals surface area contributed by atoms with Gasteiger partial charge in [-0.05, 0) is 49.9 Å². The van der Waals surface area contributed by atoms with Crippen molar-refractivity contribution in [2.75, 3.05) is 13.1 Å². The largest absolute Gasteiger partial charge is 0.341 e. The van der Waals surface area contributed by atoms with Crippen LogP contribution in [0.5, 0.6) is 0 Å². The Hall–Kier alpha value is -2.28. The number of likely N-dealkylation sites (tertiary alicyclic amines) is 1. The fourth-order valence-corrected chi connectivity index (χ4v) is 3.79. The molecular weight excluding hydrogens is 335 g/mol. The second-order valence-corrected chi connectivity index (χ2v) is 7.14. The van der Waals surface area contributed by atoms with Crippen LogP contribution in [0.3, 0.4) is 0 Å². The number of aromatic nitrogens is 2. The van der Waals surface area contributed by atoms with Gasteiger partial charge in [0.25, 0.3) is 0 Å². The lowest BCUT2D eigenvalue weighted by Gasteiger charge is -2.24. The number of fused-ring (bicyclic) bond motifs is 2. The van der Waals surface area contributed by atoms with Crippen LogP contribution in [0.2, 0.25) is 0 Å². The number of benzene rings is 1. The summed E-state index contributed by atoms with van der Waals surface area (Å²) in [6.45, 7) is 1.67. The van der Waals surface area contributed by atoms with Crippen molar-refractivity contribution >= 4 is 5.91 Å². The van der Waals surface area contributed by atoms with Gasteiger partial charge >= 0.3 is 0 Å². The lowest BCUT2D eigenvalue weighted by atomic mass is 10.1. The molecule has 0 spiro atoms. The highest BCUT2D eigenvalue weighted by molar-refractivity contribution is 5.76. The van der Waals surface area contributed by atoms with Crippen molar-refractivity contribution in [2.45, 2.75) is 50.6 Å². The van der Waals surface area contributed by atoms with Gasteiger partial charge in [0, 0.05) is 43.6 Å². The highest BCUT2D eigenvalue weighted by atomic mass is 19.1. The lowest BCUT2D eigenvalue weighted by molar-refractivity contribution is -0.131. The molecule has 2 aliphatic heterocycles. The van der Waals surface area contributed by atoms with Gasteiger partial charge in [0.1, 0.15) is 5.82 Å². The second-order valence-electron chi connectivity index (χ2n) is 7.14. The van der Waals surface area contributed by atoms with Crippen molar-refractivity contribution in [1.29, 1.82) is 0 Å². The maximum absolute atomic E-state index is 13.0. The fraction of sp³-hybridized carbons (Fsp3) is 0.526. The molecule has 0 aliphatic carbocycles. The molecule has 3 heterocycles. The van der Waals surface area contributed by atoms with E-state index in [-0.39, 0.29) is 11.7 Å². The Bertz CT molecular complexity index is 761. The maximum Gasteiger partial charge on any atom is 0.226 e. The second kappa shape index (κ2) is 7.53. The van der Waals surface area contributed by atoms with E-state index in [1.54, 1.807) is 12.1 Å². The maximum atomic E-state index is 13.0. The molecule has 6 nitrogen and oxygen atoms in total. The van der Waals surface area contributed by atoms with Gasteiger partial charge in [-0.15, -0.1) is 0 Å². The molecule has 1 N–H and O–H groups in total. The summed E-state index contributed by atoms with van der Waals surface area (Å²) < 4.78 is 18.2. The third-order valence-electron chi connectivity index (χ3n) is 5.23. The van der Waals surface area contributed by atoms with E-state index >= 15 is 0 Å². The molecule has 0 saturated carbocycles. The Morgan fingerprint density at radius 1 is 1.23 bits per heavy atom. The summed E-state index contributed by atoms with van der Waals surface area (Å²) in [7, 11) is 0. The van der Waals surface area contributed by atoms with E-state index in [0.717, 1.165) is 19.5 Å². The zero-order chi connectivity index (χ0) is 17.9. The number of halogens is 1. The zero-order valence-electron chi connectivity index (χ0n) is 14.7. The first-order chi connectivity index (χ1) is 12.7. The average molecular weight is 358 g/mol. The Morgan fingerprint density at radius 2 is 2.04 bits per heavy atom. The molecule has 2 aliphatic rings. The molecule has 2 aromatic rings. The van der Waals surface area contributed by atoms with Crippen LogP contribution >= 0.6 is 0 Å². The lowest BCUT2D eigenvalue weighted by Crippen LogP contribution is -2.38. The van der Waals surface area contributed by atoms with Gasteiger partial charge in [0.15, 0.2) is 0 Å². The zero-order valence-corrected chi connectivity index (χ0v) is 14.7. The minimum absolute atomic E-state index is 0.206. The number of nitrogens with one attached hydrogen (secondary N) is 1. The highest BCUT2D eigenvalue weighted by Crippen LogP contribution is 2.21. The Kier molecular flexibility index (Phi) is 4.97. The Morgan fingerprint density at radius 3 is 2.88 bits per heavy atom. The number of carbonyl (C=O) groups excluding carboxylic acids is 1. The van der Waals surface area contributed by atoms with Crippen LogP contribution < -0.4 is 5.32 Å². The summed E-state index contributed by atoms with van der Waals surface area (Å²) in [5, 5.41) is 7.52. The molecule has 7 heteroatoms. The summed E-state index contributed by atoms with van der Waals surface area (Å²) in [5.74, 6) is 0.861. The molecule has 138 valence electrons. The number of aryl methyl sites for hydroxylation is 1. The van der Waals surface area contributed by atoms with Gasteiger partial charge in [-0.1, -0.05) is 5.16 Å². The van der Waals surface area contributed by atoms with E-state index in [1.165, 1.54) is 25.0 Å². The Labute approximate surface area is 151 Å². The molecule has 4 rings (SSSR count). The molecule has 1 amide bonds. The molecule has 0 radical (unpaired) electrons. The van der Waals surface area contributed by atoms with E-state index in [9.17, 15) is 9.18 Å². The molecule has 2 atom stereocenters. The number of hydrogen-bond acceptors (Lipinski definition) is 5. The van der Waals surface area contributed by atoms with Crippen LogP contribution in [0.4, 0.5) is 4.39 Å². The molecule has 1 aromatic heterocycles. The van der Waals surface area contributed by atoms with E-state index < -0.39 is 0 Å². The highest BCUT2D eigenvalue weighted by Gasteiger charge is 2.30. The van der Waals surface area contributed by atoms with E-state index in [0.29, 0.717) is 48.6 Å². The topological polar surface area (TPSA) is 71.3 Å². The summed E-state index contributed by atoms with van der Waals surface area (Å²) in [5.41, 5.74) is 0.713. The fourth-order valence-electron chi connectivity index (χ4n) is 3.79. The number of carbonyl (C=O) groups is 1. The summed E-state index contributed by atoms with van der Waals surface area (Å²) >= 11 is 0. The van der Waals surface area contributed by atoms with Crippen LogP contribution in [0, 0.1) is 5.82 Å². The van der Waals surface area contributed by atoms with Gasteiger partial charge in [-0.25, -0.2) is 4.39 Å². The van der Waals surface area contributed by atoms with Gasteiger partial charge in [0.05, 0.1) is 0 Å². The average Bonchev–Trinajstić information content (AvgIpc) is 3.22. The first-order valence-electron chi connectivity index (χ1n) is 9.30. The number of hydrogen-bond donors (Lipinski definition) is 1. The van der Waals surface area contributed by atoms with Crippen LogP contribution in [-0.2, 0) is 11.2 Å². The first-order valence-corrected chi connectivity index (χ1v) is 9.30. The van der Waals surface area contributed by atoms with Gasteiger partial charge in [0.2, 0.25) is 17.6 Å². The van der Waals surface area contributed by atoms with Crippen LogP contribution in [0.1, 0.15) is 38.0 Å². The molecule has 2 unspecified atom stereocenters. The Balaban J connectivity index is 1.27. The quantitative estimate of drug-likeness (QED) is 0.889. The van der Waals surface area contributed by atoms with Crippen LogP contribution in [0.15, 0.2) is 28.8 Å². The van der Waals surface area contributed by atoms with Crippen LogP contribution in [0.25, 0.3) is 11.4 Å². The third kappa shape index (κ3) is 3.93. The van der Waals surface area contributed by atoms with Crippen molar-refractivity contribution in [3.8, 4) is 11.4 Å².